The molecule has 7 heteroatoms. The summed E-state index contributed by atoms with van der Waals surface area (Å²) in [5.41, 5.74) is -1.23. The summed E-state index contributed by atoms with van der Waals surface area (Å²) in [4.78, 5) is 25.0. The maximum Gasteiger partial charge on any atom is 0.327 e. The number of amides is 1. The van der Waals surface area contributed by atoms with Gasteiger partial charge >= 0.3 is 5.97 Å². The van der Waals surface area contributed by atoms with Crippen molar-refractivity contribution in [3.8, 4) is 5.75 Å². The van der Waals surface area contributed by atoms with Crippen LogP contribution < -0.4 is 4.74 Å². The lowest BCUT2D eigenvalue weighted by atomic mass is 10.1. The third-order valence-electron chi connectivity index (χ3n) is 3.13. The van der Waals surface area contributed by atoms with Gasteiger partial charge in [0.25, 0.3) is 5.91 Å². The summed E-state index contributed by atoms with van der Waals surface area (Å²) in [5, 5.41) is 9.13. The first-order valence-corrected chi connectivity index (χ1v) is 7.53. The van der Waals surface area contributed by atoms with E-state index in [4.69, 9.17) is 9.84 Å². The molecule has 1 saturated heterocycles. The number of aliphatic carboxylic acids is 1. The third-order valence-corrected chi connectivity index (χ3v) is 4.14. The zero-order valence-corrected chi connectivity index (χ0v) is 12.5. The fourth-order valence-electron chi connectivity index (χ4n) is 2.03. The van der Waals surface area contributed by atoms with Gasteiger partial charge in [0.15, 0.2) is 5.60 Å². The molecule has 5 nitrogen and oxygen atoms in total. The second-order valence-corrected chi connectivity index (χ2v) is 6.19. The van der Waals surface area contributed by atoms with Crippen molar-refractivity contribution in [3.63, 3.8) is 0 Å². The van der Waals surface area contributed by atoms with E-state index in [2.05, 4.69) is 0 Å². The zero-order chi connectivity index (χ0) is 15.6. The number of halogens is 1. The van der Waals surface area contributed by atoms with Crippen LogP contribution in [0.3, 0.4) is 0 Å². The first-order chi connectivity index (χ1) is 9.81. The molecule has 1 aliphatic rings. The Hall–Kier alpha value is -1.76. The van der Waals surface area contributed by atoms with E-state index in [0.29, 0.717) is 17.4 Å². The lowest BCUT2D eigenvalue weighted by Crippen LogP contribution is -2.52. The first kappa shape index (κ1) is 15.6. The highest BCUT2D eigenvalue weighted by atomic mass is 32.2. The summed E-state index contributed by atoms with van der Waals surface area (Å²) in [6.07, 6.45) is 0. The summed E-state index contributed by atoms with van der Waals surface area (Å²) in [6.45, 7) is 3.14. The van der Waals surface area contributed by atoms with Gasteiger partial charge in [-0.25, -0.2) is 9.18 Å². The van der Waals surface area contributed by atoms with Gasteiger partial charge < -0.3 is 14.7 Å². The Morgan fingerprint density at radius 1 is 1.38 bits per heavy atom. The third kappa shape index (κ3) is 3.47. The minimum Gasteiger partial charge on any atom is -0.480 e. The Kier molecular flexibility index (Phi) is 4.41. The van der Waals surface area contributed by atoms with E-state index in [0.717, 1.165) is 0 Å². The normalized spacial score (nSPS) is 18.6. The number of carboxylic acids is 1. The molecule has 1 aliphatic heterocycles. The Morgan fingerprint density at radius 2 is 2.00 bits per heavy atom. The van der Waals surface area contributed by atoms with Gasteiger partial charge in [0, 0.05) is 5.75 Å². The van der Waals surface area contributed by atoms with Crippen molar-refractivity contribution in [2.75, 3.05) is 11.6 Å². The number of benzene rings is 1. The number of hydrogen-bond acceptors (Lipinski definition) is 4. The fourth-order valence-corrected chi connectivity index (χ4v) is 3.18. The van der Waals surface area contributed by atoms with Crippen LogP contribution >= 0.6 is 11.8 Å². The molecule has 1 atom stereocenters. The van der Waals surface area contributed by atoms with Gasteiger partial charge in [0.1, 0.15) is 17.6 Å². The van der Waals surface area contributed by atoms with Crippen LogP contribution in [0.25, 0.3) is 0 Å². The maximum absolute atomic E-state index is 12.9. The number of rotatable bonds is 4. The van der Waals surface area contributed by atoms with Crippen LogP contribution in [0.5, 0.6) is 5.75 Å². The van der Waals surface area contributed by atoms with Crippen molar-refractivity contribution in [3.05, 3.63) is 30.1 Å². The Bertz CT molecular complexity index is 546. The summed E-state index contributed by atoms with van der Waals surface area (Å²) in [7, 11) is 0. The molecule has 1 amide bonds. The highest BCUT2D eigenvalue weighted by molar-refractivity contribution is 7.99. The molecule has 0 unspecified atom stereocenters. The van der Waals surface area contributed by atoms with Crippen molar-refractivity contribution in [1.82, 2.24) is 4.90 Å². The van der Waals surface area contributed by atoms with Gasteiger partial charge in [-0.2, -0.15) is 0 Å². The smallest absolute Gasteiger partial charge is 0.327 e. The number of hydrogen-bond donors (Lipinski definition) is 1. The summed E-state index contributed by atoms with van der Waals surface area (Å²) < 4.78 is 18.5. The molecule has 0 bridgehead atoms. The number of carbonyl (C=O) groups excluding carboxylic acids is 1. The van der Waals surface area contributed by atoms with Crippen molar-refractivity contribution in [2.45, 2.75) is 25.5 Å². The van der Waals surface area contributed by atoms with Crippen LogP contribution in [-0.4, -0.2) is 45.2 Å². The molecule has 1 aromatic carbocycles. The monoisotopic (exact) mass is 313 g/mol. The molecule has 0 aromatic heterocycles. The first-order valence-electron chi connectivity index (χ1n) is 6.37. The number of thioether (sulfide) groups is 1. The van der Waals surface area contributed by atoms with Crippen molar-refractivity contribution in [1.29, 1.82) is 0 Å². The second kappa shape index (κ2) is 5.93. The van der Waals surface area contributed by atoms with Crippen molar-refractivity contribution < 1.29 is 23.8 Å². The van der Waals surface area contributed by atoms with E-state index >= 15 is 0 Å². The molecule has 0 spiro atoms. The molecular weight excluding hydrogens is 297 g/mol. The molecule has 2 rings (SSSR count). The average Bonchev–Trinajstić information content (AvgIpc) is 2.89. The Balaban J connectivity index is 2.12. The molecule has 114 valence electrons. The van der Waals surface area contributed by atoms with Crippen LogP contribution in [0.2, 0.25) is 0 Å². The summed E-state index contributed by atoms with van der Waals surface area (Å²) in [5.74, 6) is -0.767. The lowest BCUT2D eigenvalue weighted by molar-refractivity contribution is -0.154. The van der Waals surface area contributed by atoms with E-state index in [1.165, 1.54) is 40.9 Å². The molecular formula is C14H16FNO4S. The van der Waals surface area contributed by atoms with Crippen LogP contribution in [0.4, 0.5) is 4.39 Å². The van der Waals surface area contributed by atoms with E-state index in [-0.39, 0.29) is 0 Å². The molecule has 1 heterocycles. The highest BCUT2D eigenvalue weighted by Crippen LogP contribution is 2.27. The maximum atomic E-state index is 12.9. The quantitative estimate of drug-likeness (QED) is 0.920. The standard InChI is InChI=1S/C14H16FNO4S/c1-14(2,20-10-5-3-9(15)4-6-10)13(19)16-8-21-7-11(16)12(17)18/h3-6,11H,7-8H2,1-2H3,(H,17,18)/t11-/m0/s1. The largest absolute Gasteiger partial charge is 0.480 e. The average molecular weight is 313 g/mol. The van der Waals surface area contributed by atoms with Crippen molar-refractivity contribution in [2.24, 2.45) is 0 Å². The number of carbonyl (C=O) groups is 2. The topological polar surface area (TPSA) is 66.8 Å². The van der Waals surface area contributed by atoms with Crippen LogP contribution in [0.15, 0.2) is 24.3 Å². The lowest BCUT2D eigenvalue weighted by Gasteiger charge is -2.31. The SMILES string of the molecule is CC(C)(Oc1ccc(F)cc1)C(=O)N1CSC[C@H]1C(=O)O. The van der Waals surface area contributed by atoms with Gasteiger partial charge in [0.05, 0.1) is 5.88 Å². The predicted octanol–water partition coefficient (Wildman–Crippen LogP) is 1.97. The minimum absolute atomic E-state index is 0.325. The van der Waals surface area contributed by atoms with Crippen LogP contribution in [0, 0.1) is 5.82 Å². The summed E-state index contributed by atoms with van der Waals surface area (Å²) >= 11 is 1.39. The van der Waals surface area contributed by atoms with E-state index in [1.807, 2.05) is 0 Å². The molecule has 0 radical (unpaired) electrons. The number of nitrogens with zero attached hydrogens (tertiary/aromatic N) is 1. The number of carboxylic acid groups (broad SMARTS) is 1. The Labute approximate surface area is 126 Å². The van der Waals surface area contributed by atoms with Gasteiger partial charge in [-0.1, -0.05) is 0 Å². The van der Waals surface area contributed by atoms with Gasteiger partial charge in [-0.3, -0.25) is 4.79 Å². The molecule has 0 aliphatic carbocycles. The van der Waals surface area contributed by atoms with Crippen LogP contribution in [0.1, 0.15) is 13.8 Å². The molecule has 1 aromatic rings. The zero-order valence-electron chi connectivity index (χ0n) is 11.7. The van der Waals surface area contributed by atoms with Crippen molar-refractivity contribution >= 4 is 23.6 Å². The number of ether oxygens (including phenoxy) is 1. The van der Waals surface area contributed by atoms with Gasteiger partial charge in [0.2, 0.25) is 0 Å². The van der Waals surface area contributed by atoms with E-state index in [9.17, 15) is 14.0 Å². The van der Waals surface area contributed by atoms with Gasteiger partial charge in [-0.15, -0.1) is 11.8 Å². The Morgan fingerprint density at radius 3 is 2.57 bits per heavy atom. The molecule has 1 fully saturated rings. The van der Waals surface area contributed by atoms with E-state index < -0.39 is 29.3 Å². The molecule has 1 N–H and O–H groups in total. The van der Waals surface area contributed by atoms with Crippen LogP contribution in [-0.2, 0) is 9.59 Å². The summed E-state index contributed by atoms with van der Waals surface area (Å²) in [6, 6.07) is 4.50. The predicted molar refractivity (Wildman–Crippen MR) is 76.7 cm³/mol. The second-order valence-electron chi connectivity index (χ2n) is 5.20. The molecule has 21 heavy (non-hydrogen) atoms. The fraction of sp³-hybridized carbons (Fsp3) is 0.429. The van der Waals surface area contributed by atoms with E-state index in [1.54, 1.807) is 13.8 Å². The molecule has 0 saturated carbocycles. The highest BCUT2D eigenvalue weighted by Gasteiger charge is 2.42. The minimum atomic E-state index is -1.23. The van der Waals surface area contributed by atoms with Gasteiger partial charge in [-0.05, 0) is 38.1 Å².